The molecule has 0 heterocycles. The molecule has 3 aromatic carbocycles. The molecule has 34 heavy (non-hydrogen) atoms. The van der Waals surface area contributed by atoms with Crippen molar-refractivity contribution >= 4 is 45.5 Å². The van der Waals surface area contributed by atoms with E-state index in [-0.39, 0.29) is 13.0 Å². The van der Waals surface area contributed by atoms with Crippen molar-refractivity contribution in [3.05, 3.63) is 99.0 Å². The highest BCUT2D eigenvalue weighted by Gasteiger charge is 2.19. The van der Waals surface area contributed by atoms with Crippen LogP contribution in [-0.2, 0) is 22.6 Å². The van der Waals surface area contributed by atoms with Crippen molar-refractivity contribution < 1.29 is 24.2 Å². The normalized spacial score (nSPS) is 11.7. The molecular weight excluding hydrogens is 522 g/mol. The second-order valence-electron chi connectivity index (χ2n) is 7.34. The predicted octanol–water partition coefficient (Wildman–Crippen LogP) is 5.52. The fraction of sp³-hybridized carbons (Fsp3) is 0.154. The summed E-state index contributed by atoms with van der Waals surface area (Å²) >= 11 is 9.68. The van der Waals surface area contributed by atoms with E-state index >= 15 is 0 Å². The number of carboxylic acid groups (broad SMARTS) is 1. The Balaban J connectivity index is 1.68. The Bertz CT molecular complexity index is 1180. The lowest BCUT2D eigenvalue weighted by Gasteiger charge is -2.14. The van der Waals surface area contributed by atoms with Crippen LogP contribution < -0.4 is 14.8 Å². The van der Waals surface area contributed by atoms with E-state index in [2.05, 4.69) is 21.2 Å². The van der Waals surface area contributed by atoms with Crippen LogP contribution in [0.4, 0.5) is 0 Å². The minimum atomic E-state index is -1.10. The number of benzene rings is 3. The van der Waals surface area contributed by atoms with Gasteiger partial charge in [0.2, 0.25) is 5.91 Å². The van der Waals surface area contributed by atoms with E-state index in [1.807, 2.05) is 48.5 Å². The quantitative estimate of drug-likeness (QED) is 0.329. The average molecular weight is 545 g/mol. The number of aliphatic carboxylic acids is 1. The van der Waals surface area contributed by atoms with Crippen LogP contribution in [0.5, 0.6) is 11.5 Å². The van der Waals surface area contributed by atoms with Crippen LogP contribution in [0.1, 0.15) is 16.7 Å². The number of amides is 1. The Kier molecular flexibility index (Phi) is 9.13. The Hall–Kier alpha value is -3.29. The molecule has 6 nitrogen and oxygen atoms in total. The first-order valence-electron chi connectivity index (χ1n) is 10.4. The lowest BCUT2D eigenvalue weighted by Crippen LogP contribution is -2.41. The second kappa shape index (κ2) is 12.3. The van der Waals surface area contributed by atoms with Crippen molar-refractivity contribution in [2.45, 2.75) is 19.1 Å². The third kappa shape index (κ3) is 7.10. The molecule has 2 N–H and O–H groups in total. The van der Waals surface area contributed by atoms with Gasteiger partial charge in [0, 0.05) is 23.1 Å². The first kappa shape index (κ1) is 25.3. The van der Waals surface area contributed by atoms with Gasteiger partial charge in [-0.25, -0.2) is 4.79 Å². The lowest BCUT2D eigenvalue weighted by molar-refractivity contribution is -0.141. The number of nitrogens with one attached hydrogen (secondary N) is 1. The van der Waals surface area contributed by atoms with Crippen molar-refractivity contribution in [3.8, 4) is 11.5 Å². The topological polar surface area (TPSA) is 84.9 Å². The molecule has 176 valence electrons. The van der Waals surface area contributed by atoms with Gasteiger partial charge in [0.25, 0.3) is 0 Å². The Morgan fingerprint density at radius 3 is 2.50 bits per heavy atom. The lowest BCUT2D eigenvalue weighted by atomic mass is 10.1. The van der Waals surface area contributed by atoms with E-state index in [0.29, 0.717) is 26.6 Å². The van der Waals surface area contributed by atoms with Gasteiger partial charge < -0.3 is 19.9 Å². The molecule has 1 atom stereocenters. The maximum Gasteiger partial charge on any atom is 0.326 e. The molecule has 1 amide bonds. The zero-order valence-corrected chi connectivity index (χ0v) is 20.7. The molecule has 0 aliphatic carbocycles. The van der Waals surface area contributed by atoms with Crippen molar-refractivity contribution in [2.24, 2.45) is 0 Å². The van der Waals surface area contributed by atoms with Gasteiger partial charge in [-0.15, -0.1) is 0 Å². The van der Waals surface area contributed by atoms with Crippen LogP contribution in [0, 0.1) is 0 Å². The molecule has 0 radical (unpaired) electrons. The van der Waals surface area contributed by atoms with Crippen LogP contribution in [-0.4, -0.2) is 30.1 Å². The Morgan fingerprint density at radius 2 is 1.82 bits per heavy atom. The number of ether oxygens (including phenoxy) is 2. The van der Waals surface area contributed by atoms with Gasteiger partial charge in [-0.05, 0) is 51.3 Å². The van der Waals surface area contributed by atoms with Crippen LogP contribution in [0.25, 0.3) is 6.08 Å². The molecule has 0 spiro atoms. The summed E-state index contributed by atoms with van der Waals surface area (Å²) in [7, 11) is 1.52. The van der Waals surface area contributed by atoms with Crippen LogP contribution in [0.15, 0.2) is 77.3 Å². The highest BCUT2D eigenvalue weighted by molar-refractivity contribution is 9.10. The fourth-order valence-corrected chi connectivity index (χ4v) is 3.95. The maximum atomic E-state index is 12.4. The molecule has 0 saturated heterocycles. The van der Waals surface area contributed by atoms with Gasteiger partial charge >= 0.3 is 5.97 Å². The predicted molar refractivity (Wildman–Crippen MR) is 135 cm³/mol. The Labute approximate surface area is 211 Å². The Morgan fingerprint density at radius 1 is 1.12 bits per heavy atom. The summed E-state index contributed by atoms with van der Waals surface area (Å²) in [6.45, 7) is 0.254. The zero-order chi connectivity index (χ0) is 24.5. The standard InChI is InChI=1S/C26H23BrClNO5/c1-33-23-15-18(13-20(27)25(23)34-16-19-9-5-6-10-21(19)28)11-12-24(30)29-22(26(31)32)14-17-7-3-2-4-8-17/h2-13,15,22H,14,16H2,1H3,(H,29,30)(H,31,32)/b12-11+/t22-/m0/s1. The van der Waals surface area contributed by atoms with E-state index in [4.69, 9.17) is 21.1 Å². The first-order chi connectivity index (χ1) is 16.4. The van der Waals surface area contributed by atoms with Crippen molar-refractivity contribution in [2.75, 3.05) is 7.11 Å². The third-order valence-corrected chi connectivity index (χ3v) is 5.86. The number of rotatable bonds is 10. The highest BCUT2D eigenvalue weighted by Crippen LogP contribution is 2.37. The summed E-state index contributed by atoms with van der Waals surface area (Å²) in [5, 5.41) is 12.6. The van der Waals surface area contributed by atoms with Crippen LogP contribution in [0.2, 0.25) is 5.02 Å². The summed E-state index contributed by atoms with van der Waals surface area (Å²) in [4.78, 5) is 24.0. The molecule has 0 saturated carbocycles. The van der Waals surface area contributed by atoms with Gasteiger partial charge in [0.05, 0.1) is 11.6 Å². The summed E-state index contributed by atoms with van der Waals surface area (Å²) in [6, 6.07) is 19.0. The van der Waals surface area contributed by atoms with Crippen molar-refractivity contribution in [1.29, 1.82) is 0 Å². The third-order valence-electron chi connectivity index (χ3n) is 4.91. The molecule has 3 aromatic rings. The number of halogens is 2. The number of hydrogen-bond acceptors (Lipinski definition) is 4. The minimum absolute atomic E-state index is 0.187. The molecule has 3 rings (SSSR count). The van der Waals surface area contributed by atoms with E-state index < -0.39 is 17.9 Å². The fourth-order valence-electron chi connectivity index (χ4n) is 3.18. The van der Waals surface area contributed by atoms with E-state index in [1.54, 1.807) is 24.3 Å². The molecule has 0 unspecified atom stereocenters. The number of hydrogen-bond donors (Lipinski definition) is 2. The monoisotopic (exact) mass is 543 g/mol. The molecule has 0 aromatic heterocycles. The van der Waals surface area contributed by atoms with Gasteiger partial charge in [-0.3, -0.25) is 4.79 Å². The van der Waals surface area contributed by atoms with Gasteiger partial charge in [0.15, 0.2) is 11.5 Å². The summed E-state index contributed by atoms with van der Waals surface area (Å²) in [6.07, 6.45) is 3.04. The van der Waals surface area contributed by atoms with Gasteiger partial charge in [-0.2, -0.15) is 0 Å². The zero-order valence-electron chi connectivity index (χ0n) is 18.3. The maximum absolute atomic E-state index is 12.4. The number of carbonyl (C=O) groups excluding carboxylic acids is 1. The summed E-state index contributed by atoms with van der Waals surface area (Å²) < 4.78 is 12.0. The molecule has 0 aliphatic heterocycles. The molecule has 0 aliphatic rings. The molecular formula is C26H23BrClNO5. The SMILES string of the molecule is COc1cc(/C=C/C(=O)N[C@@H](Cc2ccccc2)C(=O)O)cc(Br)c1OCc1ccccc1Cl. The molecule has 0 bridgehead atoms. The van der Waals surface area contributed by atoms with Gasteiger partial charge in [-0.1, -0.05) is 60.1 Å². The van der Waals surface area contributed by atoms with E-state index in [0.717, 1.165) is 11.1 Å². The number of carbonyl (C=O) groups is 2. The van der Waals surface area contributed by atoms with E-state index in [9.17, 15) is 14.7 Å². The van der Waals surface area contributed by atoms with Gasteiger partial charge in [0.1, 0.15) is 12.6 Å². The molecule has 8 heteroatoms. The van der Waals surface area contributed by atoms with Crippen LogP contribution in [0.3, 0.4) is 0 Å². The average Bonchev–Trinajstić information content (AvgIpc) is 2.83. The van der Waals surface area contributed by atoms with E-state index in [1.165, 1.54) is 13.2 Å². The van der Waals surface area contributed by atoms with Crippen molar-refractivity contribution in [3.63, 3.8) is 0 Å². The highest BCUT2D eigenvalue weighted by atomic mass is 79.9. The number of methoxy groups -OCH3 is 1. The molecule has 0 fully saturated rings. The second-order valence-corrected chi connectivity index (χ2v) is 8.60. The number of carboxylic acids is 1. The summed E-state index contributed by atoms with van der Waals surface area (Å²) in [5.41, 5.74) is 2.32. The minimum Gasteiger partial charge on any atom is -0.493 e. The van der Waals surface area contributed by atoms with Crippen molar-refractivity contribution in [1.82, 2.24) is 5.32 Å². The smallest absolute Gasteiger partial charge is 0.326 e. The van der Waals surface area contributed by atoms with Crippen LogP contribution >= 0.6 is 27.5 Å². The largest absolute Gasteiger partial charge is 0.493 e. The first-order valence-corrected chi connectivity index (χ1v) is 11.5. The summed E-state index contributed by atoms with van der Waals surface area (Å²) in [5.74, 6) is -0.653.